The van der Waals surface area contributed by atoms with Gasteiger partial charge in [-0.15, -0.1) is 0 Å². The summed E-state index contributed by atoms with van der Waals surface area (Å²) in [5.74, 6) is 2.45. The first kappa shape index (κ1) is 14.6. The average molecular weight is 298 g/mol. The van der Waals surface area contributed by atoms with E-state index in [9.17, 15) is 0 Å². The fraction of sp³-hybridized carbons (Fsp3) is 0.438. The van der Waals surface area contributed by atoms with Crippen molar-refractivity contribution in [3.63, 3.8) is 0 Å². The molecule has 2 aromatic heterocycles. The summed E-state index contributed by atoms with van der Waals surface area (Å²) in [5.41, 5.74) is 7.87. The van der Waals surface area contributed by atoms with Crippen molar-refractivity contribution in [3.05, 3.63) is 35.9 Å². The Balaban J connectivity index is 1.69. The SMILES string of the molecule is CCc1cc(N2CCN(c3ccc(N)nc3)CC2)nc(C)n1. The van der Waals surface area contributed by atoms with Gasteiger partial charge >= 0.3 is 0 Å². The van der Waals surface area contributed by atoms with Crippen LogP contribution in [-0.4, -0.2) is 41.1 Å². The van der Waals surface area contributed by atoms with Crippen LogP contribution in [0.15, 0.2) is 24.4 Å². The van der Waals surface area contributed by atoms with Gasteiger partial charge in [-0.2, -0.15) is 0 Å². The topological polar surface area (TPSA) is 71.2 Å². The van der Waals surface area contributed by atoms with Crippen LogP contribution in [0.2, 0.25) is 0 Å². The lowest BCUT2D eigenvalue weighted by Crippen LogP contribution is -2.47. The number of anilines is 3. The average Bonchev–Trinajstić information content (AvgIpc) is 2.55. The standard InChI is InChI=1S/C16H22N6/c1-3-13-10-16(20-12(2)19-13)22-8-6-21(7-9-22)14-4-5-15(17)18-11-14/h4-5,10-11H,3,6-9H2,1-2H3,(H2,17,18). The van der Waals surface area contributed by atoms with Gasteiger partial charge in [0.25, 0.3) is 0 Å². The van der Waals surface area contributed by atoms with Crippen LogP contribution in [0.25, 0.3) is 0 Å². The molecule has 22 heavy (non-hydrogen) atoms. The van der Waals surface area contributed by atoms with Crippen molar-refractivity contribution in [2.24, 2.45) is 0 Å². The number of piperazine rings is 1. The summed E-state index contributed by atoms with van der Waals surface area (Å²) in [6, 6.07) is 5.98. The smallest absolute Gasteiger partial charge is 0.132 e. The number of nitrogen functional groups attached to an aromatic ring is 1. The molecule has 0 aliphatic carbocycles. The Labute approximate surface area is 131 Å². The van der Waals surface area contributed by atoms with Crippen LogP contribution in [0, 0.1) is 6.92 Å². The molecule has 0 spiro atoms. The van der Waals surface area contributed by atoms with Gasteiger partial charge in [0.15, 0.2) is 0 Å². The molecular weight excluding hydrogens is 276 g/mol. The van der Waals surface area contributed by atoms with E-state index >= 15 is 0 Å². The molecule has 0 saturated carbocycles. The van der Waals surface area contributed by atoms with E-state index in [2.05, 4.69) is 37.7 Å². The van der Waals surface area contributed by atoms with E-state index in [1.165, 1.54) is 0 Å². The molecule has 1 aliphatic heterocycles. The van der Waals surface area contributed by atoms with Crippen molar-refractivity contribution in [3.8, 4) is 0 Å². The molecule has 0 aromatic carbocycles. The van der Waals surface area contributed by atoms with Crippen molar-refractivity contribution in [2.75, 3.05) is 41.7 Å². The number of hydrogen-bond acceptors (Lipinski definition) is 6. The molecule has 0 amide bonds. The van der Waals surface area contributed by atoms with Crippen LogP contribution in [-0.2, 0) is 6.42 Å². The van der Waals surface area contributed by atoms with Gasteiger partial charge in [0.2, 0.25) is 0 Å². The van der Waals surface area contributed by atoms with Crippen LogP contribution in [0.3, 0.4) is 0 Å². The Morgan fingerprint density at radius 2 is 1.82 bits per heavy atom. The Kier molecular flexibility index (Phi) is 4.09. The van der Waals surface area contributed by atoms with Crippen molar-refractivity contribution in [2.45, 2.75) is 20.3 Å². The molecule has 2 N–H and O–H groups in total. The molecule has 0 radical (unpaired) electrons. The van der Waals surface area contributed by atoms with Crippen LogP contribution < -0.4 is 15.5 Å². The zero-order chi connectivity index (χ0) is 15.5. The Morgan fingerprint density at radius 3 is 2.45 bits per heavy atom. The highest BCUT2D eigenvalue weighted by molar-refractivity contribution is 5.50. The third kappa shape index (κ3) is 3.10. The first-order chi connectivity index (χ1) is 10.7. The maximum atomic E-state index is 5.64. The van der Waals surface area contributed by atoms with E-state index in [-0.39, 0.29) is 0 Å². The maximum Gasteiger partial charge on any atom is 0.132 e. The van der Waals surface area contributed by atoms with Crippen LogP contribution in [0.5, 0.6) is 0 Å². The number of nitrogens with zero attached hydrogens (tertiary/aromatic N) is 5. The third-order valence-electron chi connectivity index (χ3n) is 3.98. The van der Waals surface area contributed by atoms with Crippen molar-refractivity contribution in [1.82, 2.24) is 15.0 Å². The number of pyridine rings is 1. The Hall–Kier alpha value is -2.37. The zero-order valence-corrected chi connectivity index (χ0v) is 13.2. The summed E-state index contributed by atoms with van der Waals surface area (Å²) in [6.45, 7) is 7.89. The van der Waals surface area contributed by atoms with Gasteiger partial charge in [-0.25, -0.2) is 15.0 Å². The number of nitrogens with two attached hydrogens (primary N) is 1. The lowest BCUT2D eigenvalue weighted by molar-refractivity contribution is 0.644. The molecule has 0 atom stereocenters. The van der Waals surface area contributed by atoms with Gasteiger partial charge in [-0.05, 0) is 25.5 Å². The predicted molar refractivity (Wildman–Crippen MR) is 89.2 cm³/mol. The van der Waals surface area contributed by atoms with E-state index in [0.717, 1.165) is 55.6 Å². The minimum absolute atomic E-state index is 0.561. The molecule has 2 aromatic rings. The van der Waals surface area contributed by atoms with E-state index in [1.54, 1.807) is 0 Å². The van der Waals surface area contributed by atoms with Gasteiger partial charge in [0.05, 0.1) is 11.9 Å². The van der Waals surface area contributed by atoms with Gasteiger partial charge in [0.1, 0.15) is 17.5 Å². The highest BCUT2D eigenvalue weighted by atomic mass is 15.3. The summed E-state index contributed by atoms with van der Waals surface area (Å²) < 4.78 is 0. The zero-order valence-electron chi connectivity index (χ0n) is 13.2. The second-order valence-electron chi connectivity index (χ2n) is 5.53. The van der Waals surface area contributed by atoms with Crippen molar-refractivity contribution < 1.29 is 0 Å². The minimum atomic E-state index is 0.561. The van der Waals surface area contributed by atoms with Crippen molar-refractivity contribution in [1.29, 1.82) is 0 Å². The quantitative estimate of drug-likeness (QED) is 0.929. The largest absolute Gasteiger partial charge is 0.384 e. The van der Waals surface area contributed by atoms with Crippen LogP contribution in [0.4, 0.5) is 17.3 Å². The highest BCUT2D eigenvalue weighted by Gasteiger charge is 2.19. The lowest BCUT2D eigenvalue weighted by Gasteiger charge is -2.36. The first-order valence-electron chi connectivity index (χ1n) is 7.71. The first-order valence-corrected chi connectivity index (χ1v) is 7.71. The molecule has 3 heterocycles. The Bertz CT molecular complexity index is 632. The molecule has 1 fully saturated rings. The molecule has 0 bridgehead atoms. The summed E-state index contributed by atoms with van der Waals surface area (Å²) >= 11 is 0. The molecule has 6 nitrogen and oxygen atoms in total. The lowest BCUT2D eigenvalue weighted by atomic mass is 10.2. The third-order valence-corrected chi connectivity index (χ3v) is 3.98. The van der Waals surface area contributed by atoms with Crippen LogP contribution >= 0.6 is 0 Å². The second kappa shape index (κ2) is 6.17. The Morgan fingerprint density at radius 1 is 1.09 bits per heavy atom. The summed E-state index contributed by atoms with van der Waals surface area (Å²) in [6.07, 6.45) is 2.78. The van der Waals surface area contributed by atoms with E-state index < -0.39 is 0 Å². The maximum absolute atomic E-state index is 5.64. The molecule has 1 saturated heterocycles. The predicted octanol–water partition coefficient (Wildman–Crippen LogP) is 1.65. The van der Waals surface area contributed by atoms with E-state index in [0.29, 0.717) is 5.82 Å². The molecule has 116 valence electrons. The summed E-state index contributed by atoms with van der Waals surface area (Å²) in [4.78, 5) is 17.9. The molecule has 0 unspecified atom stereocenters. The second-order valence-corrected chi connectivity index (χ2v) is 5.53. The number of hydrogen-bond donors (Lipinski definition) is 1. The highest BCUT2D eigenvalue weighted by Crippen LogP contribution is 2.20. The molecule has 1 aliphatic rings. The van der Waals surface area contributed by atoms with E-state index in [4.69, 9.17) is 5.73 Å². The fourth-order valence-electron chi connectivity index (χ4n) is 2.73. The minimum Gasteiger partial charge on any atom is -0.384 e. The van der Waals surface area contributed by atoms with Crippen LogP contribution in [0.1, 0.15) is 18.4 Å². The number of rotatable bonds is 3. The number of aryl methyl sites for hydroxylation is 2. The normalized spacial score (nSPS) is 15.2. The van der Waals surface area contributed by atoms with Gasteiger partial charge in [-0.3, -0.25) is 0 Å². The number of aromatic nitrogens is 3. The summed E-state index contributed by atoms with van der Waals surface area (Å²) in [5, 5.41) is 0. The van der Waals surface area contributed by atoms with E-state index in [1.807, 2.05) is 25.3 Å². The van der Waals surface area contributed by atoms with Gasteiger partial charge in [-0.1, -0.05) is 6.92 Å². The molecular formula is C16H22N6. The monoisotopic (exact) mass is 298 g/mol. The molecule has 3 rings (SSSR count). The van der Waals surface area contributed by atoms with Gasteiger partial charge in [0, 0.05) is 37.9 Å². The fourth-order valence-corrected chi connectivity index (χ4v) is 2.73. The van der Waals surface area contributed by atoms with Gasteiger partial charge < -0.3 is 15.5 Å². The van der Waals surface area contributed by atoms with Crippen molar-refractivity contribution >= 4 is 17.3 Å². The summed E-state index contributed by atoms with van der Waals surface area (Å²) in [7, 11) is 0. The molecule has 6 heteroatoms.